The van der Waals surface area contributed by atoms with Gasteiger partial charge >= 0.3 is 0 Å². The lowest BCUT2D eigenvalue weighted by atomic mass is 10.1. The highest BCUT2D eigenvalue weighted by Crippen LogP contribution is 2.33. The Morgan fingerprint density at radius 2 is 1.68 bits per heavy atom. The van der Waals surface area contributed by atoms with Crippen LogP contribution in [0, 0.1) is 13.8 Å². The van der Waals surface area contributed by atoms with Crippen molar-refractivity contribution in [1.82, 2.24) is 10.3 Å². The van der Waals surface area contributed by atoms with Crippen molar-refractivity contribution >= 4 is 40.2 Å². The number of benzene rings is 3. The molecule has 1 amide bonds. The van der Waals surface area contributed by atoms with E-state index in [0.29, 0.717) is 23.7 Å². The minimum absolute atomic E-state index is 0.278. The van der Waals surface area contributed by atoms with Crippen LogP contribution in [0.15, 0.2) is 52.9 Å². The second kappa shape index (κ2) is 8.61. The van der Waals surface area contributed by atoms with Gasteiger partial charge in [0.1, 0.15) is 5.52 Å². The molecule has 4 aromatic rings. The molecule has 0 saturated carbocycles. The SMILES string of the molecule is COc1c(Cl)cc(C(=O)NCc2ccc(-c3nc4cc(C)c(C)cc4o3)cc2)cc1Cl. The first-order valence-electron chi connectivity index (χ1n) is 9.64. The van der Waals surface area contributed by atoms with E-state index >= 15 is 0 Å². The number of methoxy groups -OCH3 is 1. The number of carbonyl (C=O) groups is 1. The maximum absolute atomic E-state index is 12.5. The molecule has 3 aromatic carbocycles. The predicted molar refractivity (Wildman–Crippen MR) is 123 cm³/mol. The van der Waals surface area contributed by atoms with E-state index in [1.807, 2.05) is 43.3 Å². The third-order valence-corrected chi connectivity index (χ3v) is 5.68. The van der Waals surface area contributed by atoms with Crippen molar-refractivity contribution in [3.8, 4) is 17.2 Å². The zero-order chi connectivity index (χ0) is 22.1. The van der Waals surface area contributed by atoms with Crippen LogP contribution in [0.5, 0.6) is 5.75 Å². The van der Waals surface area contributed by atoms with Crippen molar-refractivity contribution in [1.29, 1.82) is 0 Å². The Balaban J connectivity index is 1.46. The van der Waals surface area contributed by atoms with Crippen LogP contribution in [0.1, 0.15) is 27.0 Å². The number of carbonyl (C=O) groups excluding carboxylic acids is 1. The molecule has 31 heavy (non-hydrogen) atoms. The minimum atomic E-state index is -0.278. The number of halogens is 2. The van der Waals surface area contributed by atoms with Crippen molar-refractivity contribution in [3.63, 3.8) is 0 Å². The van der Waals surface area contributed by atoms with Gasteiger partial charge in [0.05, 0.1) is 17.2 Å². The van der Waals surface area contributed by atoms with E-state index in [0.717, 1.165) is 22.2 Å². The number of aromatic nitrogens is 1. The van der Waals surface area contributed by atoms with E-state index < -0.39 is 0 Å². The van der Waals surface area contributed by atoms with E-state index in [-0.39, 0.29) is 16.0 Å². The number of hydrogen-bond donors (Lipinski definition) is 1. The lowest BCUT2D eigenvalue weighted by Crippen LogP contribution is -2.22. The van der Waals surface area contributed by atoms with Gasteiger partial charge in [-0.25, -0.2) is 4.98 Å². The molecule has 0 fully saturated rings. The highest BCUT2D eigenvalue weighted by Gasteiger charge is 2.14. The van der Waals surface area contributed by atoms with Gasteiger partial charge in [0.15, 0.2) is 11.3 Å². The number of nitrogens with zero attached hydrogens (tertiary/aromatic N) is 1. The number of hydrogen-bond acceptors (Lipinski definition) is 4. The Hall–Kier alpha value is -3.02. The Morgan fingerprint density at radius 1 is 1.03 bits per heavy atom. The van der Waals surface area contributed by atoms with Gasteiger partial charge < -0.3 is 14.5 Å². The molecule has 0 atom stereocenters. The van der Waals surface area contributed by atoms with Crippen LogP contribution in [0.2, 0.25) is 10.0 Å². The third-order valence-electron chi connectivity index (χ3n) is 5.12. The van der Waals surface area contributed by atoms with E-state index in [1.54, 1.807) is 0 Å². The molecule has 4 rings (SSSR count). The molecule has 158 valence electrons. The van der Waals surface area contributed by atoms with Crippen LogP contribution in [0.25, 0.3) is 22.6 Å². The van der Waals surface area contributed by atoms with Crippen molar-refractivity contribution in [3.05, 3.63) is 80.8 Å². The largest absolute Gasteiger partial charge is 0.494 e. The van der Waals surface area contributed by atoms with Gasteiger partial charge in [-0.05, 0) is 66.9 Å². The molecule has 0 saturated heterocycles. The average molecular weight is 455 g/mol. The molecule has 0 aliphatic carbocycles. The zero-order valence-corrected chi connectivity index (χ0v) is 18.8. The lowest BCUT2D eigenvalue weighted by Gasteiger charge is -2.10. The number of aryl methyl sites for hydroxylation is 2. The molecule has 1 N–H and O–H groups in total. The summed E-state index contributed by atoms with van der Waals surface area (Å²) in [6.07, 6.45) is 0. The van der Waals surface area contributed by atoms with E-state index in [1.165, 1.54) is 30.4 Å². The summed E-state index contributed by atoms with van der Waals surface area (Å²) in [5.74, 6) is 0.637. The second-order valence-electron chi connectivity index (χ2n) is 7.28. The smallest absolute Gasteiger partial charge is 0.251 e. The fraction of sp³-hybridized carbons (Fsp3) is 0.167. The first-order valence-corrected chi connectivity index (χ1v) is 10.4. The molecule has 0 bridgehead atoms. The van der Waals surface area contributed by atoms with Crippen LogP contribution >= 0.6 is 23.2 Å². The van der Waals surface area contributed by atoms with Crippen LogP contribution in [0.3, 0.4) is 0 Å². The maximum Gasteiger partial charge on any atom is 0.251 e. The van der Waals surface area contributed by atoms with Gasteiger partial charge in [0.2, 0.25) is 5.89 Å². The number of amides is 1. The van der Waals surface area contributed by atoms with Crippen LogP contribution in [-0.2, 0) is 6.54 Å². The summed E-state index contributed by atoms with van der Waals surface area (Å²) >= 11 is 12.2. The second-order valence-corrected chi connectivity index (χ2v) is 8.09. The van der Waals surface area contributed by atoms with E-state index in [4.69, 9.17) is 32.4 Å². The van der Waals surface area contributed by atoms with Crippen molar-refractivity contribution in [2.24, 2.45) is 0 Å². The Bertz CT molecular complexity index is 1220. The van der Waals surface area contributed by atoms with Gasteiger partial charge in [0.25, 0.3) is 5.91 Å². The summed E-state index contributed by atoms with van der Waals surface area (Å²) < 4.78 is 11.0. The van der Waals surface area contributed by atoms with Crippen molar-refractivity contribution in [2.75, 3.05) is 7.11 Å². The first kappa shape index (κ1) is 21.2. The first-order chi connectivity index (χ1) is 14.9. The molecule has 0 unspecified atom stereocenters. The van der Waals surface area contributed by atoms with Gasteiger partial charge in [-0.2, -0.15) is 0 Å². The van der Waals surface area contributed by atoms with Gasteiger partial charge in [-0.1, -0.05) is 35.3 Å². The zero-order valence-electron chi connectivity index (χ0n) is 17.3. The summed E-state index contributed by atoms with van der Waals surface area (Å²) in [5, 5.41) is 3.44. The lowest BCUT2D eigenvalue weighted by molar-refractivity contribution is 0.0951. The highest BCUT2D eigenvalue weighted by molar-refractivity contribution is 6.37. The van der Waals surface area contributed by atoms with Gasteiger partial charge in [0, 0.05) is 17.7 Å². The summed E-state index contributed by atoms with van der Waals surface area (Å²) in [4.78, 5) is 17.1. The standard InChI is InChI=1S/C24H20Cl2N2O3/c1-13-8-20-21(9-14(13)2)31-24(28-20)16-6-4-15(5-7-16)12-27-23(29)17-10-18(25)22(30-3)19(26)11-17/h4-11H,12H2,1-3H3,(H,27,29). The van der Waals surface area contributed by atoms with Crippen LogP contribution < -0.4 is 10.1 Å². The van der Waals surface area contributed by atoms with Crippen LogP contribution in [0.4, 0.5) is 0 Å². The summed E-state index contributed by atoms with van der Waals surface area (Å²) in [5.41, 5.74) is 6.13. The highest BCUT2D eigenvalue weighted by atomic mass is 35.5. The van der Waals surface area contributed by atoms with Crippen molar-refractivity contribution in [2.45, 2.75) is 20.4 Å². The number of ether oxygens (including phenoxy) is 1. The van der Waals surface area contributed by atoms with E-state index in [9.17, 15) is 4.79 Å². The van der Waals surface area contributed by atoms with E-state index in [2.05, 4.69) is 17.2 Å². The summed E-state index contributed by atoms with van der Waals surface area (Å²) in [7, 11) is 1.47. The fourth-order valence-corrected chi connectivity index (χ4v) is 3.88. The quantitative estimate of drug-likeness (QED) is 0.381. The molecule has 0 radical (unpaired) electrons. The molecular formula is C24H20Cl2N2O3. The molecule has 0 aliphatic heterocycles. The fourth-order valence-electron chi connectivity index (χ4n) is 3.24. The predicted octanol–water partition coefficient (Wildman–Crippen LogP) is 6.36. The Kier molecular flexibility index (Phi) is 5.90. The molecule has 1 aromatic heterocycles. The Morgan fingerprint density at radius 3 is 2.32 bits per heavy atom. The summed E-state index contributed by atoms with van der Waals surface area (Å²) in [6.45, 7) is 4.46. The molecule has 1 heterocycles. The molecule has 5 nitrogen and oxygen atoms in total. The topological polar surface area (TPSA) is 64.4 Å². The monoisotopic (exact) mass is 454 g/mol. The van der Waals surface area contributed by atoms with Crippen LogP contribution in [-0.4, -0.2) is 18.0 Å². The maximum atomic E-state index is 12.5. The molecule has 0 aliphatic rings. The van der Waals surface area contributed by atoms with Crippen molar-refractivity contribution < 1.29 is 13.9 Å². The minimum Gasteiger partial charge on any atom is -0.494 e. The van der Waals surface area contributed by atoms with Gasteiger partial charge in [-0.15, -0.1) is 0 Å². The Labute approximate surface area is 189 Å². The molecule has 7 heteroatoms. The van der Waals surface area contributed by atoms with Gasteiger partial charge in [-0.3, -0.25) is 4.79 Å². The number of oxazole rings is 1. The average Bonchev–Trinajstić information content (AvgIpc) is 3.15. The summed E-state index contributed by atoms with van der Waals surface area (Å²) in [6, 6.07) is 14.8. The molecular weight excluding hydrogens is 435 g/mol. The number of nitrogens with one attached hydrogen (secondary N) is 1. The third kappa shape index (κ3) is 4.38. The normalized spacial score (nSPS) is 11.0. The number of fused-ring (bicyclic) bond motifs is 1. The number of rotatable bonds is 5. The molecule has 0 spiro atoms.